The number of aromatic nitrogens is 2. The highest BCUT2D eigenvalue weighted by molar-refractivity contribution is 7.99. The van der Waals surface area contributed by atoms with Gasteiger partial charge in [-0.3, -0.25) is 14.9 Å². The van der Waals surface area contributed by atoms with Gasteiger partial charge in [0.05, 0.1) is 21.1 Å². The van der Waals surface area contributed by atoms with Gasteiger partial charge >= 0.3 is 6.18 Å². The van der Waals surface area contributed by atoms with Gasteiger partial charge in [-0.2, -0.15) is 18.4 Å². The number of nitro groups is 1. The lowest BCUT2D eigenvalue weighted by Gasteiger charge is -2.10. The molecule has 0 saturated heterocycles. The average molecular weight is 464 g/mol. The molecule has 31 heavy (non-hydrogen) atoms. The van der Waals surface area contributed by atoms with Crippen LogP contribution in [0.2, 0.25) is 0 Å². The zero-order valence-electron chi connectivity index (χ0n) is 15.6. The molecule has 0 unspecified atom stereocenters. The molecule has 0 amide bonds. The van der Waals surface area contributed by atoms with E-state index in [9.17, 15) is 33.3 Å². The highest BCUT2D eigenvalue weighted by Crippen LogP contribution is 2.39. The van der Waals surface area contributed by atoms with Crippen molar-refractivity contribution in [3.63, 3.8) is 0 Å². The summed E-state index contributed by atoms with van der Waals surface area (Å²) in [5, 5.41) is 21.1. The number of halogens is 3. The Bertz CT molecular complexity index is 1270. The summed E-state index contributed by atoms with van der Waals surface area (Å²) in [6, 6.07) is 10.1. The summed E-state index contributed by atoms with van der Waals surface area (Å²) >= 11 is 1.92. The van der Waals surface area contributed by atoms with Crippen LogP contribution < -0.4 is 5.56 Å². The van der Waals surface area contributed by atoms with E-state index in [-0.39, 0.29) is 31.8 Å². The Kier molecular flexibility index (Phi) is 6.37. The molecule has 0 aliphatic heterocycles. The molecule has 0 fully saturated rings. The number of hydrogen-bond donors (Lipinski definition) is 1. The number of nitrogens with one attached hydrogen (secondary N) is 1. The predicted octanol–water partition coefficient (Wildman–Crippen LogP) is 5.11. The van der Waals surface area contributed by atoms with Crippen molar-refractivity contribution in [2.24, 2.45) is 0 Å². The first-order chi connectivity index (χ1) is 14.6. The van der Waals surface area contributed by atoms with Crippen molar-refractivity contribution in [3.8, 4) is 17.3 Å². The molecular weight excluding hydrogens is 453 g/mol. The molecule has 3 rings (SSSR count). The van der Waals surface area contributed by atoms with E-state index in [4.69, 9.17) is 0 Å². The van der Waals surface area contributed by atoms with E-state index in [1.165, 1.54) is 24.3 Å². The Morgan fingerprint density at radius 1 is 1.23 bits per heavy atom. The molecule has 0 aliphatic rings. The summed E-state index contributed by atoms with van der Waals surface area (Å²) in [6.07, 6.45) is -2.88. The maximum atomic E-state index is 12.9. The summed E-state index contributed by atoms with van der Waals surface area (Å²) in [6.45, 7) is 0. The van der Waals surface area contributed by atoms with Crippen LogP contribution in [0.4, 0.5) is 18.9 Å². The first-order valence-electron chi connectivity index (χ1n) is 8.36. The zero-order chi connectivity index (χ0) is 22.8. The van der Waals surface area contributed by atoms with Gasteiger partial charge in [-0.25, -0.2) is 4.98 Å². The van der Waals surface area contributed by atoms with Gasteiger partial charge in [-0.15, -0.1) is 0 Å². The van der Waals surface area contributed by atoms with Gasteiger partial charge in [0.15, 0.2) is 5.16 Å². The van der Waals surface area contributed by atoms with E-state index in [2.05, 4.69) is 9.97 Å². The molecular formula is C19H11F3N4O3S2. The van der Waals surface area contributed by atoms with Crippen LogP contribution >= 0.6 is 23.5 Å². The van der Waals surface area contributed by atoms with E-state index in [0.717, 1.165) is 41.7 Å². The highest BCUT2D eigenvalue weighted by atomic mass is 32.2. The molecule has 0 saturated carbocycles. The predicted molar refractivity (Wildman–Crippen MR) is 109 cm³/mol. The number of benzene rings is 2. The van der Waals surface area contributed by atoms with Gasteiger partial charge in [0.25, 0.3) is 11.2 Å². The number of nitrogens with zero attached hydrogens (tertiary/aromatic N) is 3. The molecule has 1 heterocycles. The van der Waals surface area contributed by atoms with Crippen LogP contribution in [0.1, 0.15) is 11.1 Å². The fraction of sp³-hybridized carbons (Fsp3) is 0.105. The minimum absolute atomic E-state index is 0.0191. The number of thioether (sulfide) groups is 1. The fourth-order valence-electron chi connectivity index (χ4n) is 2.62. The molecule has 0 radical (unpaired) electrons. The molecule has 1 N–H and O–H groups in total. The molecule has 2 aromatic carbocycles. The Labute approximate surface area is 181 Å². The molecule has 12 heteroatoms. The van der Waals surface area contributed by atoms with Crippen LogP contribution in [0, 0.1) is 21.4 Å². The Morgan fingerprint density at radius 2 is 1.97 bits per heavy atom. The van der Waals surface area contributed by atoms with Gasteiger partial charge in [-0.05, 0) is 30.5 Å². The van der Waals surface area contributed by atoms with Crippen molar-refractivity contribution in [2.75, 3.05) is 6.26 Å². The third-order valence-electron chi connectivity index (χ3n) is 4.02. The summed E-state index contributed by atoms with van der Waals surface area (Å²) in [4.78, 5) is 29.9. The van der Waals surface area contributed by atoms with E-state index in [1.807, 2.05) is 0 Å². The lowest BCUT2D eigenvalue weighted by atomic mass is 10.1. The Hall–Kier alpha value is -3.30. The highest BCUT2D eigenvalue weighted by Gasteiger charge is 2.30. The van der Waals surface area contributed by atoms with Crippen LogP contribution in [0.15, 0.2) is 62.2 Å². The van der Waals surface area contributed by atoms with Crippen LogP contribution in [0.5, 0.6) is 0 Å². The van der Waals surface area contributed by atoms with Crippen molar-refractivity contribution in [1.29, 1.82) is 5.26 Å². The number of alkyl halides is 3. The van der Waals surface area contributed by atoms with E-state index in [1.54, 1.807) is 12.3 Å². The minimum atomic E-state index is -4.54. The third kappa shape index (κ3) is 4.89. The summed E-state index contributed by atoms with van der Waals surface area (Å²) in [5.74, 6) is 0. The molecule has 1 aromatic heterocycles. The number of H-pyrrole nitrogens is 1. The SMILES string of the molecule is CSc1nc(-c2ccc(Sc3cccc(C(F)(F)F)c3)c([N+](=O)[O-])c2)c(C#N)c(=O)[nH]1. The van der Waals surface area contributed by atoms with E-state index in [0.29, 0.717) is 0 Å². The van der Waals surface area contributed by atoms with Gasteiger partial charge in [-0.1, -0.05) is 35.7 Å². The van der Waals surface area contributed by atoms with Gasteiger partial charge in [0, 0.05) is 16.5 Å². The molecule has 158 valence electrons. The first-order valence-corrected chi connectivity index (χ1v) is 10.4. The number of hydrogen-bond acceptors (Lipinski definition) is 7. The van der Waals surface area contributed by atoms with E-state index >= 15 is 0 Å². The monoisotopic (exact) mass is 464 g/mol. The second-order valence-corrected chi connectivity index (χ2v) is 7.89. The fourth-order valence-corrected chi connectivity index (χ4v) is 3.96. The molecule has 3 aromatic rings. The Balaban J connectivity index is 2.09. The van der Waals surface area contributed by atoms with Crippen LogP contribution in [0.3, 0.4) is 0 Å². The lowest BCUT2D eigenvalue weighted by molar-refractivity contribution is -0.387. The van der Waals surface area contributed by atoms with Gasteiger partial charge in [0.2, 0.25) is 0 Å². The van der Waals surface area contributed by atoms with Crippen molar-refractivity contribution in [1.82, 2.24) is 9.97 Å². The quantitative estimate of drug-likeness (QED) is 0.242. The molecule has 0 atom stereocenters. The standard InChI is InChI=1S/C19H11F3N4O3S2/c1-30-18-24-16(13(9-23)17(27)25-18)10-5-6-15(14(7-10)26(28)29)31-12-4-2-3-11(8-12)19(20,21)22/h2-8H,1H3,(H,24,25,27). The van der Waals surface area contributed by atoms with Crippen molar-refractivity contribution in [3.05, 3.63) is 74.1 Å². The number of rotatable bonds is 5. The third-order valence-corrected chi connectivity index (χ3v) is 5.66. The lowest BCUT2D eigenvalue weighted by Crippen LogP contribution is -2.14. The maximum Gasteiger partial charge on any atom is 0.416 e. The zero-order valence-corrected chi connectivity index (χ0v) is 17.2. The van der Waals surface area contributed by atoms with Crippen molar-refractivity contribution < 1.29 is 18.1 Å². The largest absolute Gasteiger partial charge is 0.416 e. The van der Waals surface area contributed by atoms with Crippen LogP contribution in [-0.2, 0) is 6.18 Å². The number of aromatic amines is 1. The number of nitro benzene ring substituents is 1. The summed E-state index contributed by atoms with van der Waals surface area (Å²) < 4.78 is 38.8. The molecule has 0 spiro atoms. The van der Waals surface area contributed by atoms with E-state index < -0.39 is 27.9 Å². The number of nitriles is 1. The Morgan fingerprint density at radius 3 is 2.58 bits per heavy atom. The van der Waals surface area contributed by atoms with Gasteiger partial charge < -0.3 is 4.98 Å². The second-order valence-electron chi connectivity index (χ2n) is 5.98. The smallest absolute Gasteiger partial charge is 0.300 e. The first kappa shape index (κ1) is 22.4. The van der Waals surface area contributed by atoms with Crippen LogP contribution in [0.25, 0.3) is 11.3 Å². The average Bonchev–Trinajstić information content (AvgIpc) is 2.72. The van der Waals surface area contributed by atoms with Gasteiger partial charge in [0.1, 0.15) is 11.6 Å². The molecule has 0 aliphatic carbocycles. The van der Waals surface area contributed by atoms with Crippen LogP contribution in [-0.4, -0.2) is 21.1 Å². The normalized spacial score (nSPS) is 11.2. The summed E-state index contributed by atoms with van der Waals surface area (Å²) in [7, 11) is 0. The summed E-state index contributed by atoms with van der Waals surface area (Å²) in [5.41, 5.74) is -2.09. The molecule has 0 bridgehead atoms. The van der Waals surface area contributed by atoms with Crippen molar-refractivity contribution in [2.45, 2.75) is 21.1 Å². The maximum absolute atomic E-state index is 12.9. The minimum Gasteiger partial charge on any atom is -0.300 e. The van der Waals surface area contributed by atoms with Crippen molar-refractivity contribution >= 4 is 29.2 Å². The topological polar surface area (TPSA) is 113 Å². The second kappa shape index (κ2) is 8.83. The molecule has 7 nitrogen and oxygen atoms in total.